The van der Waals surface area contributed by atoms with Gasteiger partial charge in [-0.3, -0.25) is 9.00 Å². The Morgan fingerprint density at radius 3 is 2.52 bits per heavy atom. The molecular formula is C18H21NO3S. The fourth-order valence-corrected chi connectivity index (χ4v) is 3.18. The van der Waals surface area contributed by atoms with E-state index in [0.29, 0.717) is 12.3 Å². The van der Waals surface area contributed by atoms with Crippen molar-refractivity contribution in [3.63, 3.8) is 0 Å². The second-order valence-electron chi connectivity index (χ2n) is 5.22. The number of rotatable bonds is 7. The van der Waals surface area contributed by atoms with Gasteiger partial charge < -0.3 is 10.1 Å². The van der Waals surface area contributed by atoms with E-state index in [1.165, 1.54) is 0 Å². The number of amides is 1. The highest BCUT2D eigenvalue weighted by Gasteiger charge is 2.20. The molecule has 0 fully saturated rings. The van der Waals surface area contributed by atoms with E-state index in [-0.39, 0.29) is 5.91 Å². The second-order valence-corrected chi connectivity index (χ2v) is 6.98. The molecule has 0 aliphatic carbocycles. The van der Waals surface area contributed by atoms with E-state index in [4.69, 9.17) is 4.74 Å². The minimum Gasteiger partial charge on any atom is -0.497 e. The van der Waals surface area contributed by atoms with E-state index in [9.17, 15) is 9.00 Å². The van der Waals surface area contributed by atoms with Crippen molar-refractivity contribution in [3.05, 3.63) is 65.7 Å². The first-order chi connectivity index (χ1) is 11.1. The first-order valence-corrected chi connectivity index (χ1v) is 8.80. The van der Waals surface area contributed by atoms with Crippen LogP contribution in [0.15, 0.2) is 54.6 Å². The minimum atomic E-state index is -1.28. The lowest BCUT2D eigenvalue weighted by Gasteiger charge is -2.12. The zero-order valence-electron chi connectivity index (χ0n) is 13.3. The van der Waals surface area contributed by atoms with Gasteiger partial charge in [0, 0.05) is 23.1 Å². The molecule has 1 N–H and O–H groups in total. The van der Waals surface area contributed by atoms with E-state index in [1.54, 1.807) is 14.0 Å². The number of ether oxygens (including phenoxy) is 1. The molecule has 0 saturated carbocycles. The van der Waals surface area contributed by atoms with Crippen LogP contribution in [0.25, 0.3) is 0 Å². The lowest BCUT2D eigenvalue weighted by molar-refractivity contribution is -0.120. The fraction of sp³-hybridized carbons (Fsp3) is 0.278. The van der Waals surface area contributed by atoms with Crippen LogP contribution < -0.4 is 10.1 Å². The fourth-order valence-electron chi connectivity index (χ4n) is 2.10. The van der Waals surface area contributed by atoms with Crippen molar-refractivity contribution in [1.29, 1.82) is 0 Å². The number of nitrogens with one attached hydrogen (secondary N) is 1. The van der Waals surface area contributed by atoms with Gasteiger partial charge in [0.05, 0.1) is 7.11 Å². The highest BCUT2D eigenvalue weighted by atomic mass is 32.2. The second kappa shape index (κ2) is 8.48. The van der Waals surface area contributed by atoms with E-state index < -0.39 is 16.0 Å². The average Bonchev–Trinajstić information content (AvgIpc) is 2.60. The molecule has 0 heterocycles. The molecule has 2 aromatic rings. The smallest absolute Gasteiger partial charge is 0.235 e. The van der Waals surface area contributed by atoms with Crippen LogP contribution in [0.2, 0.25) is 0 Å². The van der Waals surface area contributed by atoms with Crippen LogP contribution in [0, 0.1) is 0 Å². The summed E-state index contributed by atoms with van der Waals surface area (Å²) in [5, 5.41) is 2.27. The van der Waals surface area contributed by atoms with Crippen molar-refractivity contribution in [1.82, 2.24) is 5.32 Å². The van der Waals surface area contributed by atoms with Gasteiger partial charge in [0.25, 0.3) is 0 Å². The molecule has 0 saturated heterocycles. The summed E-state index contributed by atoms with van der Waals surface area (Å²) in [7, 11) is 0.311. The summed E-state index contributed by atoms with van der Waals surface area (Å²) in [6.07, 6.45) is 0. The van der Waals surface area contributed by atoms with Crippen molar-refractivity contribution in [3.8, 4) is 5.75 Å². The molecule has 4 nitrogen and oxygen atoms in total. The Morgan fingerprint density at radius 2 is 1.83 bits per heavy atom. The zero-order chi connectivity index (χ0) is 16.7. The summed E-state index contributed by atoms with van der Waals surface area (Å²) < 4.78 is 17.5. The number of carbonyl (C=O) groups excluding carboxylic acids is 1. The molecule has 0 aliphatic heterocycles. The topological polar surface area (TPSA) is 55.4 Å². The van der Waals surface area contributed by atoms with Crippen molar-refractivity contribution < 1.29 is 13.7 Å². The van der Waals surface area contributed by atoms with E-state index in [2.05, 4.69) is 5.32 Å². The van der Waals surface area contributed by atoms with Gasteiger partial charge >= 0.3 is 0 Å². The van der Waals surface area contributed by atoms with Gasteiger partial charge in [-0.15, -0.1) is 0 Å². The number of carbonyl (C=O) groups is 1. The summed E-state index contributed by atoms with van der Waals surface area (Å²) in [6.45, 7) is 2.14. The zero-order valence-corrected chi connectivity index (χ0v) is 14.1. The number of benzene rings is 2. The Morgan fingerprint density at radius 1 is 1.13 bits per heavy atom. The maximum Gasteiger partial charge on any atom is 0.235 e. The maximum absolute atomic E-state index is 12.4. The number of hydrogen-bond acceptors (Lipinski definition) is 3. The van der Waals surface area contributed by atoms with Gasteiger partial charge in [-0.25, -0.2) is 0 Å². The Kier molecular flexibility index (Phi) is 6.35. The summed E-state index contributed by atoms with van der Waals surface area (Å²) >= 11 is 0. The monoisotopic (exact) mass is 331 g/mol. The van der Waals surface area contributed by atoms with Crippen LogP contribution in [-0.4, -0.2) is 22.5 Å². The van der Waals surface area contributed by atoms with Gasteiger partial charge in [-0.2, -0.15) is 0 Å². The van der Waals surface area contributed by atoms with Gasteiger partial charge in [-0.05, 0) is 30.2 Å². The van der Waals surface area contributed by atoms with Crippen molar-refractivity contribution in [2.45, 2.75) is 24.5 Å². The summed E-state index contributed by atoms with van der Waals surface area (Å²) in [5.74, 6) is 0.854. The first-order valence-electron chi connectivity index (χ1n) is 7.42. The molecule has 2 rings (SSSR count). The Balaban J connectivity index is 1.89. The quantitative estimate of drug-likeness (QED) is 0.848. The highest BCUT2D eigenvalue weighted by molar-refractivity contribution is 7.85. The third-order valence-electron chi connectivity index (χ3n) is 3.52. The standard InChI is InChI=1S/C18H21NO3S/c1-14(18(20)19-12-15-7-4-3-5-8-15)23(21)13-16-9-6-10-17(11-16)22-2/h3-11,14H,12-13H2,1-2H3,(H,19,20)/t14-,23+/m0/s1. The molecule has 0 bridgehead atoms. The van der Waals surface area contributed by atoms with Gasteiger partial charge in [0.15, 0.2) is 0 Å². The predicted molar refractivity (Wildman–Crippen MR) is 92.6 cm³/mol. The molecule has 0 spiro atoms. The summed E-state index contributed by atoms with van der Waals surface area (Å²) in [4.78, 5) is 12.1. The summed E-state index contributed by atoms with van der Waals surface area (Å²) in [6, 6.07) is 17.1. The van der Waals surface area contributed by atoms with Crippen LogP contribution in [0.3, 0.4) is 0 Å². The molecule has 1 amide bonds. The van der Waals surface area contributed by atoms with Crippen molar-refractivity contribution in [2.75, 3.05) is 7.11 Å². The molecule has 0 aromatic heterocycles. The summed E-state index contributed by atoms with van der Waals surface area (Å²) in [5.41, 5.74) is 1.91. The van der Waals surface area contributed by atoms with Gasteiger partial charge in [-0.1, -0.05) is 42.5 Å². The largest absolute Gasteiger partial charge is 0.497 e. The molecular weight excluding hydrogens is 310 g/mol. The highest BCUT2D eigenvalue weighted by Crippen LogP contribution is 2.15. The van der Waals surface area contributed by atoms with Crippen LogP contribution in [-0.2, 0) is 27.9 Å². The Bertz CT molecular complexity index is 673. The number of hydrogen-bond donors (Lipinski definition) is 1. The molecule has 2 aromatic carbocycles. The predicted octanol–water partition coefficient (Wildman–Crippen LogP) is 2.65. The van der Waals surface area contributed by atoms with Crippen LogP contribution in [0.5, 0.6) is 5.75 Å². The number of methoxy groups -OCH3 is 1. The Labute approximate surface area is 139 Å². The maximum atomic E-state index is 12.4. The third kappa shape index (κ3) is 5.21. The van der Waals surface area contributed by atoms with Crippen LogP contribution in [0.4, 0.5) is 0 Å². The van der Waals surface area contributed by atoms with E-state index in [0.717, 1.165) is 16.9 Å². The molecule has 0 unspecified atom stereocenters. The van der Waals surface area contributed by atoms with Crippen LogP contribution in [0.1, 0.15) is 18.1 Å². The molecule has 0 aliphatic rings. The van der Waals surface area contributed by atoms with Gasteiger partial charge in [0.1, 0.15) is 11.0 Å². The first kappa shape index (κ1) is 17.2. The van der Waals surface area contributed by atoms with E-state index >= 15 is 0 Å². The van der Waals surface area contributed by atoms with Crippen molar-refractivity contribution in [2.24, 2.45) is 0 Å². The molecule has 23 heavy (non-hydrogen) atoms. The molecule has 0 radical (unpaired) electrons. The Hall–Kier alpha value is -2.14. The van der Waals surface area contributed by atoms with Crippen LogP contribution >= 0.6 is 0 Å². The molecule has 5 heteroatoms. The van der Waals surface area contributed by atoms with E-state index in [1.807, 2.05) is 54.6 Å². The lowest BCUT2D eigenvalue weighted by atomic mass is 10.2. The van der Waals surface area contributed by atoms with Crippen molar-refractivity contribution >= 4 is 16.7 Å². The SMILES string of the molecule is COc1cccc(C[S@@](=O)[C@@H](C)C(=O)NCc2ccccc2)c1. The lowest BCUT2D eigenvalue weighted by Crippen LogP contribution is -2.35. The minimum absolute atomic E-state index is 0.199. The third-order valence-corrected chi connectivity index (χ3v) is 5.14. The average molecular weight is 331 g/mol. The van der Waals surface area contributed by atoms with Gasteiger partial charge in [0.2, 0.25) is 5.91 Å². The normalized spacial score (nSPS) is 13.1. The molecule has 2 atom stereocenters. The molecule has 122 valence electrons.